The summed E-state index contributed by atoms with van der Waals surface area (Å²) in [5.74, 6) is -0.380. The van der Waals surface area contributed by atoms with Crippen LogP contribution in [0.15, 0.2) is 168 Å². The van der Waals surface area contributed by atoms with Gasteiger partial charge in [-0.15, -0.1) is 11.8 Å². The first-order chi connectivity index (χ1) is 24.1. The van der Waals surface area contributed by atoms with Gasteiger partial charge in [-0.05, 0) is 108 Å². The van der Waals surface area contributed by atoms with Gasteiger partial charge in [-0.3, -0.25) is 0 Å². The van der Waals surface area contributed by atoms with Crippen molar-refractivity contribution in [1.29, 1.82) is 0 Å². The maximum absolute atomic E-state index is 14.2. The van der Waals surface area contributed by atoms with Crippen LogP contribution in [-0.4, -0.2) is 5.25 Å². The van der Waals surface area contributed by atoms with Gasteiger partial charge in [0.05, 0.1) is 11.4 Å². The van der Waals surface area contributed by atoms with Crippen molar-refractivity contribution in [2.24, 2.45) is 0 Å². The van der Waals surface area contributed by atoms with Crippen LogP contribution in [0.2, 0.25) is 0 Å². The molecule has 1 heterocycles. The molecule has 0 N–H and O–H groups in total. The SMILES string of the molecule is Fc1ccc(N(C2=CCCC=C2)C2=CC3Sc4c(cc(N(c5ccccc5)c5ccc(F)cc5)c5ccccc45)C3c3ccccc32)cc1. The average molecular weight is 659 g/mol. The van der Waals surface area contributed by atoms with Crippen LogP contribution in [0.1, 0.15) is 35.4 Å². The molecular formula is C44H32F2N2S. The van der Waals surface area contributed by atoms with Gasteiger partial charge in [0.15, 0.2) is 0 Å². The lowest BCUT2D eigenvalue weighted by atomic mass is 9.79. The minimum absolute atomic E-state index is 0.125. The number of thioether (sulfide) groups is 1. The summed E-state index contributed by atoms with van der Waals surface area (Å²) in [7, 11) is 0. The molecular weight excluding hydrogens is 627 g/mol. The summed E-state index contributed by atoms with van der Waals surface area (Å²) in [6, 6.07) is 43.7. The highest BCUT2D eigenvalue weighted by Gasteiger charge is 2.41. The van der Waals surface area contributed by atoms with Crippen LogP contribution in [0.3, 0.4) is 0 Å². The lowest BCUT2D eigenvalue weighted by Crippen LogP contribution is -2.27. The van der Waals surface area contributed by atoms with Gasteiger partial charge in [0.2, 0.25) is 0 Å². The predicted molar refractivity (Wildman–Crippen MR) is 200 cm³/mol. The average Bonchev–Trinajstić information content (AvgIpc) is 3.53. The summed E-state index contributed by atoms with van der Waals surface area (Å²) in [6.07, 6.45) is 11.1. The van der Waals surface area contributed by atoms with E-state index < -0.39 is 0 Å². The van der Waals surface area contributed by atoms with Gasteiger partial charge in [-0.1, -0.05) is 78.9 Å². The number of nitrogens with zero attached hydrogens (tertiary/aromatic N) is 2. The molecule has 0 saturated carbocycles. The summed E-state index contributed by atoms with van der Waals surface area (Å²) in [6.45, 7) is 0. The molecule has 2 nitrogen and oxygen atoms in total. The number of rotatable bonds is 6. The number of benzene rings is 6. The third kappa shape index (κ3) is 5.17. The molecule has 0 aromatic heterocycles. The maximum Gasteiger partial charge on any atom is 0.123 e. The molecule has 0 amide bonds. The highest BCUT2D eigenvalue weighted by atomic mass is 32.2. The summed E-state index contributed by atoms with van der Waals surface area (Å²) in [5, 5.41) is 2.49. The van der Waals surface area contributed by atoms with E-state index in [0.29, 0.717) is 0 Å². The van der Waals surface area contributed by atoms with E-state index in [9.17, 15) is 8.78 Å². The molecule has 1 aliphatic heterocycles. The smallest absolute Gasteiger partial charge is 0.123 e. The molecule has 0 bridgehead atoms. The number of anilines is 4. The summed E-state index contributed by atoms with van der Waals surface area (Å²) in [4.78, 5) is 5.83. The van der Waals surface area contributed by atoms with E-state index in [1.54, 1.807) is 12.1 Å². The zero-order chi connectivity index (χ0) is 32.9. The number of fused-ring (bicyclic) bond motifs is 7. The van der Waals surface area contributed by atoms with Crippen molar-refractivity contribution < 1.29 is 8.78 Å². The fraction of sp³-hybridized carbons (Fsp3) is 0.0909. The van der Waals surface area contributed by atoms with E-state index in [4.69, 9.17) is 0 Å². The Morgan fingerprint density at radius 1 is 0.592 bits per heavy atom. The first kappa shape index (κ1) is 29.7. The number of para-hydroxylation sites is 1. The number of halogens is 2. The van der Waals surface area contributed by atoms with Crippen molar-refractivity contribution in [3.05, 3.63) is 192 Å². The molecule has 0 saturated heterocycles. The summed E-state index contributed by atoms with van der Waals surface area (Å²) >= 11 is 1.92. The third-order valence-electron chi connectivity index (χ3n) is 9.71. The summed E-state index contributed by atoms with van der Waals surface area (Å²) in [5.41, 5.74) is 9.86. The fourth-order valence-corrected chi connectivity index (χ4v) is 9.10. The molecule has 6 aromatic carbocycles. The summed E-state index contributed by atoms with van der Waals surface area (Å²) < 4.78 is 28.4. The molecule has 6 aromatic rings. The normalized spacial score (nSPS) is 17.5. The van der Waals surface area contributed by atoms with Crippen molar-refractivity contribution in [2.45, 2.75) is 28.9 Å². The fourth-order valence-electron chi connectivity index (χ4n) is 7.57. The highest BCUT2D eigenvalue weighted by Crippen LogP contribution is 2.58. The molecule has 238 valence electrons. The van der Waals surface area contributed by atoms with E-state index in [-0.39, 0.29) is 22.8 Å². The van der Waals surface area contributed by atoms with Crippen molar-refractivity contribution in [1.82, 2.24) is 0 Å². The zero-order valence-corrected chi connectivity index (χ0v) is 27.5. The van der Waals surface area contributed by atoms with Crippen molar-refractivity contribution in [2.75, 3.05) is 9.80 Å². The minimum Gasteiger partial charge on any atom is -0.311 e. The van der Waals surface area contributed by atoms with Crippen LogP contribution in [0.25, 0.3) is 16.5 Å². The standard InChI is InChI=1S/C44H32F2N2S/c45-29-19-23-33(24-20-29)47(31-11-3-1-4-12-31)40-27-39-43-37-17-9-7-15-35(37)41(28-42(43)49-44(39)38-18-10-8-16-36(38)40)48(32-13-5-2-6-14-32)34-25-21-30(46)22-26-34/h1,3-5,7-28,42-43H,2,6H2. The van der Waals surface area contributed by atoms with Gasteiger partial charge in [0, 0.05) is 49.8 Å². The second kappa shape index (κ2) is 12.2. The lowest BCUT2D eigenvalue weighted by molar-refractivity contribution is 0.627. The molecule has 2 unspecified atom stereocenters. The monoisotopic (exact) mass is 658 g/mol. The van der Waals surface area contributed by atoms with E-state index in [0.717, 1.165) is 52.4 Å². The largest absolute Gasteiger partial charge is 0.311 e. The maximum atomic E-state index is 14.2. The highest BCUT2D eigenvalue weighted by molar-refractivity contribution is 8.00. The lowest BCUT2D eigenvalue weighted by Gasteiger charge is -2.36. The van der Waals surface area contributed by atoms with Gasteiger partial charge in [0.1, 0.15) is 11.6 Å². The second-order valence-corrected chi connectivity index (χ2v) is 13.8. The van der Waals surface area contributed by atoms with Crippen LogP contribution < -0.4 is 9.80 Å². The van der Waals surface area contributed by atoms with Crippen LogP contribution in [-0.2, 0) is 0 Å². The predicted octanol–water partition coefficient (Wildman–Crippen LogP) is 12.3. The van der Waals surface area contributed by atoms with Gasteiger partial charge in [-0.2, -0.15) is 0 Å². The topological polar surface area (TPSA) is 6.48 Å². The quantitative estimate of drug-likeness (QED) is 0.176. The molecule has 0 fully saturated rings. The molecule has 49 heavy (non-hydrogen) atoms. The van der Waals surface area contributed by atoms with E-state index in [1.165, 1.54) is 39.1 Å². The molecule has 0 radical (unpaired) electrons. The molecule has 3 aliphatic rings. The van der Waals surface area contributed by atoms with Crippen molar-refractivity contribution in [3.8, 4) is 0 Å². The van der Waals surface area contributed by atoms with Crippen LogP contribution in [0.4, 0.5) is 31.5 Å². The van der Waals surface area contributed by atoms with Gasteiger partial charge in [0.25, 0.3) is 0 Å². The Morgan fingerprint density at radius 3 is 1.94 bits per heavy atom. The Hall–Kier alpha value is -5.39. The zero-order valence-electron chi connectivity index (χ0n) is 26.6. The van der Waals surface area contributed by atoms with E-state index >= 15 is 0 Å². The number of hydrogen-bond acceptors (Lipinski definition) is 3. The third-order valence-corrected chi connectivity index (χ3v) is 11.1. The Labute approximate surface area is 289 Å². The number of hydrogen-bond donors (Lipinski definition) is 0. The first-order valence-corrected chi connectivity index (χ1v) is 17.6. The Kier molecular flexibility index (Phi) is 7.43. The molecule has 2 atom stereocenters. The van der Waals surface area contributed by atoms with Crippen LogP contribution >= 0.6 is 11.8 Å². The van der Waals surface area contributed by atoms with Crippen molar-refractivity contribution >= 4 is 51.0 Å². The van der Waals surface area contributed by atoms with Gasteiger partial charge in [-0.25, -0.2) is 8.78 Å². The van der Waals surface area contributed by atoms with Crippen LogP contribution in [0.5, 0.6) is 0 Å². The van der Waals surface area contributed by atoms with Crippen LogP contribution in [0, 0.1) is 11.6 Å². The molecule has 9 rings (SSSR count). The number of allylic oxidation sites excluding steroid dienone is 3. The van der Waals surface area contributed by atoms with Crippen molar-refractivity contribution in [3.63, 3.8) is 0 Å². The Balaban J connectivity index is 1.25. The van der Waals surface area contributed by atoms with E-state index in [2.05, 4.69) is 101 Å². The minimum atomic E-state index is -0.259. The second-order valence-electron chi connectivity index (χ2n) is 12.6. The Bertz CT molecular complexity index is 2290. The van der Waals surface area contributed by atoms with Gasteiger partial charge >= 0.3 is 0 Å². The molecule has 2 aliphatic carbocycles. The van der Waals surface area contributed by atoms with E-state index in [1.807, 2.05) is 54.2 Å². The first-order valence-electron chi connectivity index (χ1n) is 16.7. The van der Waals surface area contributed by atoms with Gasteiger partial charge < -0.3 is 9.80 Å². The molecule has 5 heteroatoms. The Morgan fingerprint density at radius 2 is 1.22 bits per heavy atom. The molecule has 0 spiro atoms.